The van der Waals surface area contributed by atoms with Gasteiger partial charge in [-0.15, -0.1) is 0 Å². The summed E-state index contributed by atoms with van der Waals surface area (Å²) in [5.41, 5.74) is 0.0664. The van der Waals surface area contributed by atoms with Gasteiger partial charge in [0, 0.05) is 19.2 Å². The SMILES string of the molecule is CN1CCOC(COc2cc(F)cc(B(O)O)c2)C1. The Bertz CT molecular complexity index is 432. The Morgan fingerprint density at radius 1 is 1.47 bits per heavy atom. The summed E-state index contributed by atoms with van der Waals surface area (Å²) in [6, 6.07) is 3.67. The van der Waals surface area contributed by atoms with Crippen LogP contribution in [0.3, 0.4) is 0 Å². The zero-order valence-corrected chi connectivity index (χ0v) is 10.8. The molecule has 2 rings (SSSR count). The maximum absolute atomic E-state index is 13.3. The van der Waals surface area contributed by atoms with Crippen LogP contribution < -0.4 is 10.2 Å². The lowest BCUT2D eigenvalue weighted by Gasteiger charge is -2.29. The first-order valence-electron chi connectivity index (χ1n) is 6.14. The Morgan fingerprint density at radius 2 is 2.26 bits per heavy atom. The number of morpholine rings is 1. The monoisotopic (exact) mass is 269 g/mol. The highest BCUT2D eigenvalue weighted by Gasteiger charge is 2.19. The molecule has 1 fully saturated rings. The van der Waals surface area contributed by atoms with Gasteiger partial charge in [0.05, 0.1) is 6.61 Å². The molecule has 1 heterocycles. The van der Waals surface area contributed by atoms with Gasteiger partial charge in [-0.25, -0.2) is 4.39 Å². The van der Waals surface area contributed by atoms with E-state index in [-0.39, 0.29) is 17.3 Å². The van der Waals surface area contributed by atoms with E-state index in [4.69, 9.17) is 19.5 Å². The van der Waals surface area contributed by atoms with E-state index in [9.17, 15) is 4.39 Å². The molecule has 0 bridgehead atoms. The lowest BCUT2D eigenvalue weighted by molar-refractivity contribution is -0.0403. The van der Waals surface area contributed by atoms with Gasteiger partial charge in [-0.05, 0) is 24.6 Å². The third-order valence-corrected chi connectivity index (χ3v) is 2.97. The van der Waals surface area contributed by atoms with Crippen molar-refractivity contribution in [1.82, 2.24) is 4.90 Å². The van der Waals surface area contributed by atoms with Crippen molar-refractivity contribution in [3.05, 3.63) is 24.0 Å². The molecule has 2 N–H and O–H groups in total. The Labute approximate surface area is 111 Å². The molecule has 1 atom stereocenters. The van der Waals surface area contributed by atoms with Gasteiger partial charge in [0.2, 0.25) is 0 Å². The van der Waals surface area contributed by atoms with E-state index in [2.05, 4.69) is 4.90 Å². The fourth-order valence-corrected chi connectivity index (χ4v) is 1.97. The molecule has 1 unspecified atom stereocenters. The van der Waals surface area contributed by atoms with E-state index in [0.717, 1.165) is 19.2 Å². The highest BCUT2D eigenvalue weighted by molar-refractivity contribution is 6.58. The van der Waals surface area contributed by atoms with Gasteiger partial charge in [-0.2, -0.15) is 0 Å². The zero-order chi connectivity index (χ0) is 13.8. The van der Waals surface area contributed by atoms with Gasteiger partial charge in [0.15, 0.2) is 0 Å². The van der Waals surface area contributed by atoms with Crippen LogP contribution in [0.5, 0.6) is 5.75 Å². The molecule has 0 saturated carbocycles. The molecule has 0 radical (unpaired) electrons. The number of rotatable bonds is 4. The highest BCUT2D eigenvalue weighted by atomic mass is 19.1. The van der Waals surface area contributed by atoms with Crippen LogP contribution in [-0.4, -0.2) is 61.5 Å². The Balaban J connectivity index is 1.95. The van der Waals surface area contributed by atoms with Crippen molar-refractivity contribution in [2.24, 2.45) is 0 Å². The van der Waals surface area contributed by atoms with E-state index < -0.39 is 12.9 Å². The standard InChI is InChI=1S/C12H17BFNO4/c1-15-2-3-18-12(7-15)8-19-11-5-9(13(16)17)4-10(14)6-11/h4-6,12,16-17H,2-3,7-8H2,1H3. The van der Waals surface area contributed by atoms with Gasteiger partial charge in [0.1, 0.15) is 24.3 Å². The van der Waals surface area contributed by atoms with E-state index in [1.807, 2.05) is 7.05 Å². The van der Waals surface area contributed by atoms with Crippen LogP contribution in [0.4, 0.5) is 4.39 Å². The summed E-state index contributed by atoms with van der Waals surface area (Å²) in [6.07, 6.45) is -0.0653. The maximum Gasteiger partial charge on any atom is 0.488 e. The quantitative estimate of drug-likeness (QED) is 0.702. The second-order valence-corrected chi connectivity index (χ2v) is 4.66. The van der Waals surface area contributed by atoms with Crippen LogP contribution in [0, 0.1) is 5.82 Å². The van der Waals surface area contributed by atoms with Crippen molar-refractivity contribution in [2.75, 3.05) is 33.4 Å². The first-order chi connectivity index (χ1) is 9.04. The molecule has 1 aromatic rings. The van der Waals surface area contributed by atoms with Crippen LogP contribution in [0.1, 0.15) is 0 Å². The van der Waals surface area contributed by atoms with Crippen molar-refractivity contribution < 1.29 is 23.9 Å². The van der Waals surface area contributed by atoms with Crippen molar-refractivity contribution in [1.29, 1.82) is 0 Å². The fraction of sp³-hybridized carbons (Fsp3) is 0.500. The molecule has 104 valence electrons. The molecule has 0 aromatic heterocycles. The summed E-state index contributed by atoms with van der Waals surface area (Å²) in [7, 11) is 0.285. The number of likely N-dealkylation sites (N-methyl/N-ethyl adjacent to an activating group) is 1. The second-order valence-electron chi connectivity index (χ2n) is 4.66. The molecule has 0 aliphatic carbocycles. The Kier molecular flexibility index (Phi) is 4.76. The summed E-state index contributed by atoms with van der Waals surface area (Å²) in [5.74, 6) is -0.304. The van der Waals surface area contributed by atoms with E-state index in [1.165, 1.54) is 12.1 Å². The third-order valence-electron chi connectivity index (χ3n) is 2.97. The fourth-order valence-electron chi connectivity index (χ4n) is 1.97. The van der Waals surface area contributed by atoms with Crippen LogP contribution in [0.25, 0.3) is 0 Å². The lowest BCUT2D eigenvalue weighted by atomic mass is 9.80. The minimum absolute atomic E-state index is 0.0653. The van der Waals surface area contributed by atoms with Gasteiger partial charge in [-0.3, -0.25) is 0 Å². The van der Waals surface area contributed by atoms with Crippen molar-refractivity contribution >= 4 is 12.6 Å². The summed E-state index contributed by atoms with van der Waals surface area (Å²) in [4.78, 5) is 2.13. The number of benzene rings is 1. The predicted molar refractivity (Wildman–Crippen MR) is 69.0 cm³/mol. The van der Waals surface area contributed by atoms with Crippen molar-refractivity contribution in [3.63, 3.8) is 0 Å². The molecular weight excluding hydrogens is 252 g/mol. The minimum atomic E-state index is -1.71. The third kappa shape index (κ3) is 4.17. The molecule has 1 aromatic carbocycles. The number of ether oxygens (including phenoxy) is 2. The van der Waals surface area contributed by atoms with E-state index in [0.29, 0.717) is 13.2 Å². The topological polar surface area (TPSA) is 62.2 Å². The molecule has 1 aliphatic rings. The average Bonchev–Trinajstić information content (AvgIpc) is 2.36. The van der Waals surface area contributed by atoms with Crippen LogP contribution in [0.15, 0.2) is 18.2 Å². The van der Waals surface area contributed by atoms with E-state index in [1.54, 1.807) is 0 Å². The molecule has 19 heavy (non-hydrogen) atoms. The molecule has 0 amide bonds. The van der Waals surface area contributed by atoms with Crippen molar-refractivity contribution in [2.45, 2.75) is 6.10 Å². The summed E-state index contributed by atoms with van der Waals surface area (Å²) in [5, 5.41) is 18.1. The smallest absolute Gasteiger partial charge is 0.488 e. The first kappa shape index (κ1) is 14.3. The van der Waals surface area contributed by atoms with Crippen molar-refractivity contribution in [3.8, 4) is 5.75 Å². The van der Waals surface area contributed by atoms with Gasteiger partial charge in [-0.1, -0.05) is 0 Å². The predicted octanol–water partition coefficient (Wildman–Crippen LogP) is -0.785. The largest absolute Gasteiger partial charge is 0.491 e. The molecule has 0 spiro atoms. The van der Waals surface area contributed by atoms with Crippen LogP contribution in [0.2, 0.25) is 0 Å². The van der Waals surface area contributed by atoms with Gasteiger partial charge >= 0.3 is 7.12 Å². The highest BCUT2D eigenvalue weighted by Crippen LogP contribution is 2.13. The van der Waals surface area contributed by atoms with Gasteiger partial charge < -0.3 is 24.4 Å². The number of hydrogen-bond acceptors (Lipinski definition) is 5. The first-order valence-corrected chi connectivity index (χ1v) is 6.14. The second kappa shape index (κ2) is 6.34. The zero-order valence-electron chi connectivity index (χ0n) is 10.8. The lowest BCUT2D eigenvalue weighted by Crippen LogP contribution is -2.42. The van der Waals surface area contributed by atoms with E-state index >= 15 is 0 Å². The Hall–Kier alpha value is -1.15. The Morgan fingerprint density at radius 3 is 2.95 bits per heavy atom. The average molecular weight is 269 g/mol. The molecule has 1 saturated heterocycles. The normalized spacial score (nSPS) is 20.3. The summed E-state index contributed by atoms with van der Waals surface area (Å²) in [6.45, 7) is 2.59. The number of nitrogens with zero attached hydrogens (tertiary/aromatic N) is 1. The summed E-state index contributed by atoms with van der Waals surface area (Å²) < 4.78 is 24.2. The molecular formula is C12H17BFNO4. The molecule has 1 aliphatic heterocycles. The minimum Gasteiger partial charge on any atom is -0.491 e. The van der Waals surface area contributed by atoms with Gasteiger partial charge in [0.25, 0.3) is 0 Å². The number of halogens is 1. The summed E-state index contributed by atoms with van der Waals surface area (Å²) >= 11 is 0. The molecule has 7 heteroatoms. The van der Waals surface area contributed by atoms with Crippen LogP contribution >= 0.6 is 0 Å². The van der Waals surface area contributed by atoms with Crippen LogP contribution in [-0.2, 0) is 4.74 Å². The number of hydrogen-bond donors (Lipinski definition) is 2. The maximum atomic E-state index is 13.3. The molecule has 5 nitrogen and oxygen atoms in total.